The number of carbonyl (C=O) groups excluding carboxylic acids is 1. The maximum Gasteiger partial charge on any atom is 0.261 e. The van der Waals surface area contributed by atoms with E-state index in [2.05, 4.69) is 20.8 Å². The predicted octanol–water partition coefficient (Wildman–Crippen LogP) is 1.98. The molecule has 0 bridgehead atoms. The molecule has 82 valence electrons. The average molecular weight is 207 g/mol. The summed E-state index contributed by atoms with van der Waals surface area (Å²) in [6.45, 7) is 8.65. The lowest BCUT2D eigenvalue weighted by Gasteiger charge is -2.23. The van der Waals surface area contributed by atoms with E-state index in [0.717, 1.165) is 5.69 Å². The molecule has 0 saturated carbocycles. The second kappa shape index (κ2) is 4.01. The molecule has 0 unspecified atom stereocenters. The van der Waals surface area contributed by atoms with Crippen molar-refractivity contribution in [2.45, 2.75) is 39.7 Å². The first-order valence-electron chi connectivity index (χ1n) is 5.11. The van der Waals surface area contributed by atoms with Crippen LogP contribution in [0.25, 0.3) is 0 Å². The SMILES string of the molecule is CCn1c(C(C)(C)C)ccc(C=O)c1=O. The molecule has 3 heteroatoms. The van der Waals surface area contributed by atoms with Gasteiger partial charge in [-0.15, -0.1) is 0 Å². The van der Waals surface area contributed by atoms with Gasteiger partial charge in [0.05, 0.1) is 5.56 Å². The highest BCUT2D eigenvalue weighted by atomic mass is 16.1. The van der Waals surface area contributed by atoms with Gasteiger partial charge in [0, 0.05) is 17.7 Å². The molecule has 0 aromatic carbocycles. The molecular formula is C12H17NO2. The van der Waals surface area contributed by atoms with E-state index in [1.54, 1.807) is 10.6 Å². The maximum absolute atomic E-state index is 11.8. The summed E-state index contributed by atoms with van der Waals surface area (Å²) in [6, 6.07) is 3.46. The molecule has 0 atom stereocenters. The molecule has 0 aliphatic rings. The topological polar surface area (TPSA) is 39.1 Å². The van der Waals surface area contributed by atoms with E-state index < -0.39 is 0 Å². The van der Waals surface area contributed by atoms with E-state index in [4.69, 9.17) is 0 Å². The van der Waals surface area contributed by atoms with Crippen molar-refractivity contribution in [3.63, 3.8) is 0 Å². The van der Waals surface area contributed by atoms with Gasteiger partial charge in [-0.1, -0.05) is 20.8 Å². The normalized spacial score (nSPS) is 11.5. The monoisotopic (exact) mass is 207 g/mol. The molecule has 0 amide bonds. The zero-order valence-electron chi connectivity index (χ0n) is 9.70. The second-order valence-corrected chi connectivity index (χ2v) is 4.59. The Labute approximate surface area is 89.7 Å². The van der Waals surface area contributed by atoms with E-state index in [-0.39, 0.29) is 16.5 Å². The van der Waals surface area contributed by atoms with Crippen molar-refractivity contribution in [2.75, 3.05) is 0 Å². The van der Waals surface area contributed by atoms with Gasteiger partial charge in [-0.3, -0.25) is 9.59 Å². The maximum atomic E-state index is 11.8. The Morgan fingerprint density at radius 1 is 1.33 bits per heavy atom. The lowest BCUT2D eigenvalue weighted by atomic mass is 9.91. The lowest BCUT2D eigenvalue weighted by Crippen LogP contribution is -2.30. The van der Waals surface area contributed by atoms with Gasteiger partial charge in [0.15, 0.2) is 6.29 Å². The van der Waals surface area contributed by atoms with Crippen LogP contribution in [0, 0.1) is 0 Å². The molecule has 0 saturated heterocycles. The summed E-state index contributed by atoms with van der Waals surface area (Å²) in [7, 11) is 0. The molecule has 0 spiro atoms. The number of pyridine rings is 1. The summed E-state index contributed by atoms with van der Waals surface area (Å²) in [6.07, 6.45) is 0.612. The van der Waals surface area contributed by atoms with Crippen LogP contribution in [-0.4, -0.2) is 10.9 Å². The first kappa shape index (κ1) is 11.7. The molecule has 0 N–H and O–H groups in total. The van der Waals surface area contributed by atoms with Gasteiger partial charge in [0.1, 0.15) is 0 Å². The second-order valence-electron chi connectivity index (χ2n) is 4.59. The minimum atomic E-state index is -0.195. The summed E-state index contributed by atoms with van der Waals surface area (Å²) in [4.78, 5) is 22.5. The molecule has 1 aromatic rings. The van der Waals surface area contributed by atoms with Crippen molar-refractivity contribution in [1.29, 1.82) is 0 Å². The van der Waals surface area contributed by atoms with Gasteiger partial charge in [0.2, 0.25) is 0 Å². The van der Waals surface area contributed by atoms with Crippen molar-refractivity contribution < 1.29 is 4.79 Å². The number of aromatic nitrogens is 1. The van der Waals surface area contributed by atoms with Crippen LogP contribution in [0.15, 0.2) is 16.9 Å². The molecule has 0 radical (unpaired) electrons. The predicted molar refractivity (Wildman–Crippen MR) is 60.5 cm³/mol. The highest BCUT2D eigenvalue weighted by Gasteiger charge is 2.19. The standard InChI is InChI=1S/C12H17NO2/c1-5-13-10(12(2,3)4)7-6-9(8-14)11(13)15/h6-8H,5H2,1-4H3. The summed E-state index contributed by atoms with van der Waals surface area (Å²) in [5.74, 6) is 0. The molecule has 1 heterocycles. The first-order chi connectivity index (χ1) is 6.91. The summed E-state index contributed by atoms with van der Waals surface area (Å²) >= 11 is 0. The van der Waals surface area contributed by atoms with Crippen LogP contribution in [0.2, 0.25) is 0 Å². The number of rotatable bonds is 2. The summed E-state index contributed by atoms with van der Waals surface area (Å²) in [5.41, 5.74) is 0.904. The first-order valence-corrected chi connectivity index (χ1v) is 5.11. The van der Waals surface area contributed by atoms with E-state index >= 15 is 0 Å². The third kappa shape index (κ3) is 2.17. The van der Waals surface area contributed by atoms with Gasteiger partial charge >= 0.3 is 0 Å². The molecule has 0 aliphatic heterocycles. The zero-order valence-corrected chi connectivity index (χ0v) is 9.70. The van der Waals surface area contributed by atoms with E-state index in [9.17, 15) is 9.59 Å². The fourth-order valence-electron chi connectivity index (χ4n) is 1.65. The third-order valence-corrected chi connectivity index (χ3v) is 2.42. The van der Waals surface area contributed by atoms with E-state index in [1.807, 2.05) is 13.0 Å². The Balaban J connectivity index is 3.52. The molecular weight excluding hydrogens is 190 g/mol. The quantitative estimate of drug-likeness (QED) is 0.695. The van der Waals surface area contributed by atoms with Crippen LogP contribution in [-0.2, 0) is 12.0 Å². The number of nitrogens with zero attached hydrogens (tertiary/aromatic N) is 1. The van der Waals surface area contributed by atoms with Crippen molar-refractivity contribution in [1.82, 2.24) is 4.57 Å². The van der Waals surface area contributed by atoms with Gasteiger partial charge < -0.3 is 4.57 Å². The lowest BCUT2D eigenvalue weighted by molar-refractivity contribution is 0.112. The molecule has 1 rings (SSSR count). The Morgan fingerprint density at radius 2 is 1.93 bits per heavy atom. The van der Waals surface area contributed by atoms with Crippen molar-refractivity contribution in [3.05, 3.63) is 33.7 Å². The van der Waals surface area contributed by atoms with Crippen LogP contribution in [0.4, 0.5) is 0 Å². The summed E-state index contributed by atoms with van der Waals surface area (Å²) < 4.78 is 1.66. The Bertz CT molecular complexity index is 424. The van der Waals surface area contributed by atoms with E-state index in [1.165, 1.54) is 0 Å². The number of hydrogen-bond acceptors (Lipinski definition) is 2. The Hall–Kier alpha value is -1.38. The van der Waals surface area contributed by atoms with Gasteiger partial charge in [0.25, 0.3) is 5.56 Å². The van der Waals surface area contributed by atoms with Crippen LogP contribution in [0.3, 0.4) is 0 Å². The number of aldehydes is 1. The van der Waals surface area contributed by atoms with Crippen LogP contribution in [0.1, 0.15) is 43.7 Å². The Kier molecular flexibility index (Phi) is 3.12. The average Bonchev–Trinajstić information content (AvgIpc) is 2.15. The summed E-state index contributed by atoms with van der Waals surface area (Å²) in [5, 5.41) is 0. The molecule has 1 aromatic heterocycles. The zero-order chi connectivity index (χ0) is 11.6. The van der Waals surface area contributed by atoms with Gasteiger partial charge in [-0.2, -0.15) is 0 Å². The smallest absolute Gasteiger partial charge is 0.261 e. The van der Waals surface area contributed by atoms with Crippen molar-refractivity contribution in [2.24, 2.45) is 0 Å². The molecule has 0 aliphatic carbocycles. The minimum absolute atomic E-state index is 0.0867. The van der Waals surface area contributed by atoms with Crippen molar-refractivity contribution >= 4 is 6.29 Å². The molecule has 3 nitrogen and oxygen atoms in total. The molecule has 0 fully saturated rings. The largest absolute Gasteiger partial charge is 0.312 e. The van der Waals surface area contributed by atoms with Crippen LogP contribution < -0.4 is 5.56 Å². The van der Waals surface area contributed by atoms with E-state index in [0.29, 0.717) is 12.8 Å². The third-order valence-electron chi connectivity index (χ3n) is 2.42. The fraction of sp³-hybridized carbons (Fsp3) is 0.500. The van der Waals surface area contributed by atoms with Gasteiger partial charge in [-0.05, 0) is 19.1 Å². The minimum Gasteiger partial charge on any atom is -0.312 e. The van der Waals surface area contributed by atoms with Crippen molar-refractivity contribution in [3.8, 4) is 0 Å². The highest BCUT2D eigenvalue weighted by Crippen LogP contribution is 2.20. The number of hydrogen-bond donors (Lipinski definition) is 0. The van der Waals surface area contributed by atoms with Crippen LogP contribution >= 0.6 is 0 Å². The van der Waals surface area contributed by atoms with Crippen LogP contribution in [0.5, 0.6) is 0 Å². The van der Waals surface area contributed by atoms with Gasteiger partial charge in [-0.25, -0.2) is 0 Å². The Morgan fingerprint density at radius 3 is 2.33 bits per heavy atom. The highest BCUT2D eigenvalue weighted by molar-refractivity contribution is 5.74. The molecule has 15 heavy (non-hydrogen) atoms. The fourth-order valence-corrected chi connectivity index (χ4v) is 1.65. The number of carbonyl (C=O) groups is 1.